The van der Waals surface area contributed by atoms with E-state index in [0.717, 1.165) is 25.9 Å². The van der Waals surface area contributed by atoms with Gasteiger partial charge in [-0.1, -0.05) is 19.3 Å². The van der Waals surface area contributed by atoms with Gasteiger partial charge in [-0.05, 0) is 38.0 Å². The molecule has 2 aliphatic rings. The number of piperidine rings is 1. The van der Waals surface area contributed by atoms with E-state index in [0.29, 0.717) is 23.8 Å². The highest BCUT2D eigenvalue weighted by Crippen LogP contribution is 2.45. The summed E-state index contributed by atoms with van der Waals surface area (Å²) in [6.45, 7) is 4.04. The van der Waals surface area contributed by atoms with Crippen LogP contribution >= 0.6 is 0 Å². The van der Waals surface area contributed by atoms with Gasteiger partial charge in [-0.2, -0.15) is 0 Å². The number of ether oxygens (including phenoxy) is 1. The van der Waals surface area contributed by atoms with Gasteiger partial charge in [0.05, 0.1) is 6.54 Å². The van der Waals surface area contributed by atoms with E-state index >= 15 is 0 Å². The molecule has 2 heterocycles. The smallest absolute Gasteiger partial charge is 0.256 e. The Hall–Kier alpha value is -1.24. The van der Waals surface area contributed by atoms with Crippen molar-refractivity contribution in [3.05, 3.63) is 5.82 Å². The van der Waals surface area contributed by atoms with E-state index in [2.05, 4.69) is 15.1 Å². The van der Waals surface area contributed by atoms with E-state index in [4.69, 9.17) is 4.74 Å². The first-order valence-electron chi connectivity index (χ1n) is 9.16. The molecule has 0 aromatic carbocycles. The largest absolute Gasteiger partial charge is 0.374 e. The molecule has 0 bridgehead atoms. The standard InChI is InChI=1S/C17H28F2N4O/c1-2-24-13-15-20-21-16(23(15)12-14(18)19)22-10-8-17(9-11-22)6-4-3-5-7-17/h14H,2-13H2,1H3. The van der Waals surface area contributed by atoms with Crippen LogP contribution in [0, 0.1) is 5.41 Å². The van der Waals surface area contributed by atoms with Gasteiger partial charge in [0, 0.05) is 19.7 Å². The minimum absolute atomic E-state index is 0.230. The predicted molar refractivity (Wildman–Crippen MR) is 88.3 cm³/mol. The molecule has 0 radical (unpaired) electrons. The summed E-state index contributed by atoms with van der Waals surface area (Å²) in [6, 6.07) is 0. The van der Waals surface area contributed by atoms with Crippen molar-refractivity contribution in [2.45, 2.75) is 71.4 Å². The summed E-state index contributed by atoms with van der Waals surface area (Å²) >= 11 is 0. The molecule has 1 saturated carbocycles. The molecule has 0 amide bonds. The molecule has 3 rings (SSSR count). The summed E-state index contributed by atoms with van der Waals surface area (Å²) in [5.41, 5.74) is 0.483. The van der Waals surface area contributed by atoms with Gasteiger partial charge >= 0.3 is 0 Å². The molecule has 24 heavy (non-hydrogen) atoms. The average Bonchev–Trinajstić information content (AvgIpc) is 2.96. The summed E-state index contributed by atoms with van der Waals surface area (Å²) < 4.78 is 32.9. The Kier molecular flexibility index (Phi) is 5.69. The first kappa shape index (κ1) is 17.6. The van der Waals surface area contributed by atoms with Crippen LogP contribution in [0.25, 0.3) is 0 Å². The summed E-state index contributed by atoms with van der Waals surface area (Å²) in [7, 11) is 0. The first-order chi connectivity index (χ1) is 11.6. The van der Waals surface area contributed by atoms with Crippen LogP contribution in [0.5, 0.6) is 0 Å². The van der Waals surface area contributed by atoms with Crippen LogP contribution in [0.15, 0.2) is 0 Å². The van der Waals surface area contributed by atoms with Gasteiger partial charge in [0.15, 0.2) is 5.82 Å². The minimum atomic E-state index is -2.42. The fraction of sp³-hybridized carbons (Fsp3) is 0.882. The van der Waals surface area contributed by atoms with Crippen LogP contribution in [0.2, 0.25) is 0 Å². The Morgan fingerprint density at radius 3 is 2.42 bits per heavy atom. The van der Waals surface area contributed by atoms with Gasteiger partial charge in [-0.15, -0.1) is 10.2 Å². The third-order valence-corrected chi connectivity index (χ3v) is 5.58. The van der Waals surface area contributed by atoms with Crippen LogP contribution in [-0.2, 0) is 17.9 Å². The van der Waals surface area contributed by atoms with Gasteiger partial charge in [0.25, 0.3) is 6.43 Å². The molecule has 136 valence electrons. The molecule has 1 saturated heterocycles. The molecule has 2 fully saturated rings. The molecule has 1 aliphatic heterocycles. The molecule has 0 N–H and O–H groups in total. The summed E-state index contributed by atoms with van der Waals surface area (Å²) in [4.78, 5) is 2.13. The SMILES string of the molecule is CCOCc1nnc(N2CCC3(CCCCC3)CC2)n1CC(F)F. The lowest BCUT2D eigenvalue weighted by Crippen LogP contribution is -2.42. The quantitative estimate of drug-likeness (QED) is 0.792. The number of hydrogen-bond donors (Lipinski definition) is 0. The normalized spacial score (nSPS) is 20.9. The van der Waals surface area contributed by atoms with E-state index in [9.17, 15) is 8.78 Å². The molecule has 1 aromatic rings. The van der Waals surface area contributed by atoms with Crippen molar-refractivity contribution in [1.82, 2.24) is 14.8 Å². The zero-order valence-electron chi connectivity index (χ0n) is 14.5. The predicted octanol–water partition coefficient (Wildman–Crippen LogP) is 3.63. The van der Waals surface area contributed by atoms with E-state index in [1.54, 1.807) is 4.57 Å². The van der Waals surface area contributed by atoms with Crippen LogP contribution in [0.3, 0.4) is 0 Å². The highest BCUT2D eigenvalue weighted by molar-refractivity contribution is 5.32. The highest BCUT2D eigenvalue weighted by Gasteiger charge is 2.36. The fourth-order valence-electron chi connectivity index (χ4n) is 4.17. The van der Waals surface area contributed by atoms with Gasteiger partial charge < -0.3 is 9.64 Å². The van der Waals surface area contributed by atoms with Crippen molar-refractivity contribution in [2.75, 3.05) is 24.6 Å². The lowest BCUT2D eigenvalue weighted by atomic mass is 9.68. The number of alkyl halides is 2. The molecule has 1 aromatic heterocycles. The number of hydrogen-bond acceptors (Lipinski definition) is 4. The number of halogens is 2. The monoisotopic (exact) mass is 342 g/mol. The van der Waals surface area contributed by atoms with Gasteiger partial charge in [-0.3, -0.25) is 4.57 Å². The number of nitrogens with zero attached hydrogens (tertiary/aromatic N) is 4. The van der Waals surface area contributed by atoms with Gasteiger partial charge in [0.2, 0.25) is 5.95 Å². The second-order valence-electron chi connectivity index (χ2n) is 7.10. The van der Waals surface area contributed by atoms with Crippen LogP contribution in [0.4, 0.5) is 14.7 Å². The zero-order valence-corrected chi connectivity index (χ0v) is 14.5. The van der Waals surface area contributed by atoms with Crippen molar-refractivity contribution >= 4 is 5.95 Å². The second kappa shape index (κ2) is 7.76. The Labute approximate surface area is 142 Å². The molecular formula is C17H28F2N4O. The number of anilines is 1. The van der Waals surface area contributed by atoms with Crippen LogP contribution < -0.4 is 4.90 Å². The number of rotatable bonds is 6. The molecular weight excluding hydrogens is 314 g/mol. The van der Waals surface area contributed by atoms with Crippen LogP contribution in [-0.4, -0.2) is 40.9 Å². The average molecular weight is 342 g/mol. The van der Waals surface area contributed by atoms with Crippen molar-refractivity contribution in [1.29, 1.82) is 0 Å². The summed E-state index contributed by atoms with van der Waals surface area (Å²) in [5.74, 6) is 1.07. The Morgan fingerprint density at radius 1 is 1.08 bits per heavy atom. The van der Waals surface area contributed by atoms with Crippen molar-refractivity contribution in [3.63, 3.8) is 0 Å². The molecule has 7 heteroatoms. The van der Waals surface area contributed by atoms with E-state index in [-0.39, 0.29) is 13.2 Å². The topological polar surface area (TPSA) is 43.2 Å². The molecule has 0 atom stereocenters. The Morgan fingerprint density at radius 2 is 1.79 bits per heavy atom. The van der Waals surface area contributed by atoms with Crippen molar-refractivity contribution in [3.8, 4) is 0 Å². The zero-order chi connectivity index (χ0) is 17.0. The van der Waals surface area contributed by atoms with E-state index < -0.39 is 6.43 Å². The van der Waals surface area contributed by atoms with Crippen LogP contribution in [0.1, 0.15) is 57.7 Å². The molecule has 1 spiro atoms. The highest BCUT2D eigenvalue weighted by atomic mass is 19.3. The molecule has 5 nitrogen and oxygen atoms in total. The minimum Gasteiger partial charge on any atom is -0.374 e. The van der Waals surface area contributed by atoms with Crippen molar-refractivity contribution in [2.24, 2.45) is 5.41 Å². The molecule has 0 unspecified atom stereocenters. The van der Waals surface area contributed by atoms with E-state index in [1.165, 1.54) is 32.1 Å². The second-order valence-corrected chi connectivity index (χ2v) is 7.10. The Bertz CT molecular complexity index is 519. The molecule has 1 aliphatic carbocycles. The maximum atomic E-state index is 13.0. The summed E-state index contributed by atoms with van der Waals surface area (Å²) in [6.07, 6.45) is 6.51. The maximum absolute atomic E-state index is 13.0. The lowest BCUT2D eigenvalue weighted by molar-refractivity contribution is 0.107. The lowest BCUT2D eigenvalue weighted by Gasteiger charge is -2.44. The third-order valence-electron chi connectivity index (χ3n) is 5.58. The van der Waals surface area contributed by atoms with Gasteiger partial charge in [0.1, 0.15) is 6.61 Å². The van der Waals surface area contributed by atoms with Gasteiger partial charge in [-0.25, -0.2) is 8.78 Å². The fourth-order valence-corrected chi connectivity index (χ4v) is 4.17. The van der Waals surface area contributed by atoms with E-state index in [1.807, 2.05) is 6.92 Å². The van der Waals surface area contributed by atoms with Crippen molar-refractivity contribution < 1.29 is 13.5 Å². The first-order valence-corrected chi connectivity index (χ1v) is 9.16. The third kappa shape index (κ3) is 3.87. The number of aromatic nitrogens is 3. The maximum Gasteiger partial charge on any atom is 0.256 e. The Balaban J connectivity index is 1.71. The summed E-state index contributed by atoms with van der Waals surface area (Å²) in [5, 5.41) is 8.30.